The third-order valence-electron chi connectivity index (χ3n) is 3.22. The van der Waals surface area contributed by atoms with Gasteiger partial charge in [0.1, 0.15) is 0 Å². The highest BCUT2D eigenvalue weighted by molar-refractivity contribution is 5.85. The highest BCUT2D eigenvalue weighted by Crippen LogP contribution is 2.70. The number of rotatable bonds is 2. The lowest BCUT2D eigenvalue weighted by molar-refractivity contribution is -0.484. The third-order valence-corrected chi connectivity index (χ3v) is 3.22. The predicted molar refractivity (Wildman–Crippen MR) is 50.0 cm³/mol. The molecule has 0 aliphatic heterocycles. The van der Waals surface area contributed by atoms with Crippen molar-refractivity contribution in [2.45, 2.75) is 48.6 Å². The van der Waals surface area contributed by atoms with E-state index in [1.54, 1.807) is 0 Å². The molecule has 0 N–H and O–H groups in total. The number of halogens is 11. The van der Waals surface area contributed by atoms with Gasteiger partial charge in [-0.25, -0.2) is 4.39 Å². The number of hydrogen-bond acceptors (Lipinski definition) is 3. The lowest BCUT2D eigenvalue weighted by atomic mass is 9.71. The quantitative estimate of drug-likeness (QED) is 0.418. The number of hydrogen-bond donors (Lipinski definition) is 0. The largest absolute Gasteiger partial charge is 0.393 e. The average molecular weight is 382 g/mol. The molecular weight excluding hydrogens is 377 g/mol. The highest BCUT2D eigenvalue weighted by atomic mass is 19.4. The summed E-state index contributed by atoms with van der Waals surface area (Å²) in [5.41, 5.74) is -6.47. The van der Waals surface area contributed by atoms with Crippen LogP contribution in [-0.4, -0.2) is 47.2 Å². The first-order valence-corrected chi connectivity index (χ1v) is 5.60. The van der Waals surface area contributed by atoms with Gasteiger partial charge in [0, 0.05) is 6.92 Å². The molecule has 0 aromatic heterocycles. The summed E-state index contributed by atoms with van der Waals surface area (Å²) in [6.45, 7) is 0.372. The Bertz CT molecular complexity index is 538. The Labute approximate surface area is 124 Å². The molecule has 1 fully saturated rings. The van der Waals surface area contributed by atoms with Crippen molar-refractivity contribution >= 4 is 11.9 Å². The van der Waals surface area contributed by atoms with Crippen LogP contribution in [0.4, 0.5) is 48.3 Å². The van der Waals surface area contributed by atoms with Gasteiger partial charge in [-0.05, 0) is 0 Å². The van der Waals surface area contributed by atoms with E-state index in [9.17, 15) is 57.9 Å². The van der Waals surface area contributed by atoms with Crippen molar-refractivity contribution in [2.75, 3.05) is 0 Å². The number of carbonyl (C=O) groups excluding carboxylic acids is 2. The molecule has 0 aromatic carbocycles. The number of carbonyl (C=O) groups is 2. The second-order valence-electron chi connectivity index (χ2n) is 4.82. The monoisotopic (exact) mass is 382 g/mol. The predicted octanol–water partition coefficient (Wildman–Crippen LogP) is 3.36. The van der Waals surface area contributed by atoms with E-state index < -0.39 is 53.6 Å². The van der Waals surface area contributed by atoms with Crippen molar-refractivity contribution in [2.24, 2.45) is 0 Å². The van der Waals surface area contributed by atoms with Gasteiger partial charge in [0.15, 0.2) is 0 Å². The van der Waals surface area contributed by atoms with Gasteiger partial charge < -0.3 is 4.74 Å². The average Bonchev–Trinajstić information content (AvgIpc) is 2.34. The van der Waals surface area contributed by atoms with Crippen molar-refractivity contribution in [3.05, 3.63) is 0 Å². The minimum atomic E-state index is -7.35. The molecule has 0 saturated heterocycles. The molecule has 1 aliphatic rings. The first kappa shape index (κ1) is 20.4. The summed E-state index contributed by atoms with van der Waals surface area (Å²) in [4.78, 5) is 21.2. The van der Waals surface area contributed by atoms with E-state index in [1.165, 1.54) is 0 Å². The zero-order valence-electron chi connectivity index (χ0n) is 11.1. The summed E-state index contributed by atoms with van der Waals surface area (Å²) >= 11 is 0. The van der Waals surface area contributed by atoms with Crippen molar-refractivity contribution < 1.29 is 62.6 Å². The standard InChI is InChI=1S/C10H5F11O3/c1-3(22)24-4(23)2-5(11)6(12,13)8(16,17)10(20,21)9(18,19)7(5,14)15/h2H2,1H3. The Kier molecular flexibility index (Phi) is 4.20. The number of esters is 2. The molecule has 14 heteroatoms. The summed E-state index contributed by atoms with van der Waals surface area (Å²) in [5.74, 6) is -40.6. The molecule has 3 nitrogen and oxygen atoms in total. The highest BCUT2D eigenvalue weighted by Gasteiger charge is 3.01. The first-order valence-electron chi connectivity index (χ1n) is 5.60. The Morgan fingerprint density at radius 1 is 0.667 bits per heavy atom. The zero-order valence-corrected chi connectivity index (χ0v) is 11.1. The molecule has 0 atom stereocenters. The van der Waals surface area contributed by atoms with Gasteiger partial charge in [-0.15, -0.1) is 0 Å². The van der Waals surface area contributed by atoms with Gasteiger partial charge in [-0.1, -0.05) is 0 Å². The Morgan fingerprint density at radius 3 is 1.25 bits per heavy atom. The van der Waals surface area contributed by atoms with Crippen LogP contribution in [-0.2, 0) is 14.3 Å². The summed E-state index contributed by atoms with van der Waals surface area (Å²) in [6.07, 6.45) is -3.21. The Morgan fingerprint density at radius 2 is 0.958 bits per heavy atom. The number of ether oxygens (including phenoxy) is 1. The van der Waals surface area contributed by atoms with Gasteiger partial charge in [-0.2, -0.15) is 43.9 Å². The van der Waals surface area contributed by atoms with Crippen LogP contribution < -0.4 is 0 Å². The van der Waals surface area contributed by atoms with E-state index in [-0.39, 0.29) is 0 Å². The maximum absolute atomic E-state index is 14.0. The van der Waals surface area contributed by atoms with E-state index in [2.05, 4.69) is 4.74 Å². The lowest BCUT2D eigenvalue weighted by Crippen LogP contribution is -2.83. The molecule has 0 bridgehead atoms. The van der Waals surface area contributed by atoms with E-state index in [4.69, 9.17) is 0 Å². The molecule has 0 amide bonds. The molecular formula is C10H5F11O3. The number of alkyl halides is 11. The smallest absolute Gasteiger partial charge is 0.384 e. The molecule has 0 aromatic rings. The van der Waals surface area contributed by atoms with Gasteiger partial charge >= 0.3 is 41.6 Å². The van der Waals surface area contributed by atoms with Crippen molar-refractivity contribution in [1.82, 2.24) is 0 Å². The van der Waals surface area contributed by atoms with Gasteiger partial charge in [0.25, 0.3) is 5.67 Å². The molecule has 0 spiro atoms. The summed E-state index contributed by atoms with van der Waals surface area (Å²) in [7, 11) is 0. The van der Waals surface area contributed by atoms with E-state index in [1.807, 2.05) is 0 Å². The molecule has 1 rings (SSSR count). The van der Waals surface area contributed by atoms with Crippen LogP contribution >= 0.6 is 0 Å². The summed E-state index contributed by atoms with van der Waals surface area (Å²) in [5, 5.41) is 0. The van der Waals surface area contributed by atoms with E-state index >= 15 is 0 Å². The molecule has 1 saturated carbocycles. The fourth-order valence-electron chi connectivity index (χ4n) is 1.90. The van der Waals surface area contributed by atoms with Crippen LogP contribution in [0.5, 0.6) is 0 Å². The van der Waals surface area contributed by atoms with Crippen LogP contribution in [0, 0.1) is 0 Å². The fraction of sp³-hybridized carbons (Fsp3) is 0.800. The first-order chi connectivity index (χ1) is 10.3. The molecule has 0 radical (unpaired) electrons. The van der Waals surface area contributed by atoms with E-state index in [0.29, 0.717) is 6.92 Å². The minimum Gasteiger partial charge on any atom is -0.393 e. The third kappa shape index (κ3) is 2.03. The molecule has 0 heterocycles. The molecule has 1 aliphatic carbocycles. The fourth-order valence-corrected chi connectivity index (χ4v) is 1.90. The molecule has 0 unspecified atom stereocenters. The van der Waals surface area contributed by atoms with Crippen molar-refractivity contribution in [3.63, 3.8) is 0 Å². The summed E-state index contributed by atoms with van der Waals surface area (Å²) in [6, 6.07) is 0. The van der Waals surface area contributed by atoms with Crippen LogP contribution in [0.1, 0.15) is 13.3 Å². The van der Waals surface area contributed by atoms with Crippen molar-refractivity contribution in [3.8, 4) is 0 Å². The van der Waals surface area contributed by atoms with Crippen LogP contribution in [0.25, 0.3) is 0 Å². The summed E-state index contributed by atoms with van der Waals surface area (Å²) < 4.78 is 149. The van der Waals surface area contributed by atoms with Gasteiger partial charge in [-0.3, -0.25) is 9.59 Å². The van der Waals surface area contributed by atoms with Gasteiger partial charge in [0.2, 0.25) is 0 Å². The zero-order chi connectivity index (χ0) is 19.6. The lowest BCUT2D eigenvalue weighted by Gasteiger charge is -2.52. The SMILES string of the molecule is CC(=O)OC(=O)CC1(F)C(F)(F)C(F)(F)C(F)(F)C(F)(F)C1(F)F. The van der Waals surface area contributed by atoms with Crippen molar-refractivity contribution in [1.29, 1.82) is 0 Å². The maximum atomic E-state index is 14.0. The normalized spacial score (nSPS) is 28.0. The van der Waals surface area contributed by atoms with E-state index in [0.717, 1.165) is 0 Å². The molecule has 24 heavy (non-hydrogen) atoms. The minimum absolute atomic E-state index is 0.372. The van der Waals surface area contributed by atoms with Crippen LogP contribution in [0.15, 0.2) is 0 Å². The maximum Gasteiger partial charge on any atom is 0.384 e. The van der Waals surface area contributed by atoms with Crippen LogP contribution in [0.3, 0.4) is 0 Å². The second-order valence-corrected chi connectivity index (χ2v) is 4.82. The Balaban J connectivity index is 3.63. The topological polar surface area (TPSA) is 43.4 Å². The van der Waals surface area contributed by atoms with Gasteiger partial charge in [0.05, 0.1) is 6.42 Å². The van der Waals surface area contributed by atoms with Crippen LogP contribution in [0.2, 0.25) is 0 Å². The molecule has 140 valence electrons. The Hall–Kier alpha value is -1.63. The second kappa shape index (κ2) is 4.94.